The summed E-state index contributed by atoms with van der Waals surface area (Å²) in [6.07, 6.45) is 2.56. The predicted octanol–water partition coefficient (Wildman–Crippen LogP) is 3.29. The van der Waals surface area contributed by atoms with Gasteiger partial charge in [-0.3, -0.25) is 0 Å². The van der Waals surface area contributed by atoms with Crippen LogP contribution in [0.4, 0.5) is 8.78 Å². The van der Waals surface area contributed by atoms with E-state index in [1.54, 1.807) is 12.1 Å². The van der Waals surface area contributed by atoms with Crippen LogP contribution in [0.2, 0.25) is 0 Å². The van der Waals surface area contributed by atoms with Crippen molar-refractivity contribution < 1.29 is 19.0 Å². The van der Waals surface area contributed by atoms with Crippen LogP contribution in [0.15, 0.2) is 24.3 Å². The second kappa shape index (κ2) is 5.94. The van der Waals surface area contributed by atoms with Gasteiger partial charge in [-0.15, -0.1) is 0 Å². The Labute approximate surface area is 124 Å². The maximum Gasteiger partial charge on any atom is 0.176 e. The molecule has 0 aromatic heterocycles. The molecule has 2 rings (SSSR count). The summed E-state index contributed by atoms with van der Waals surface area (Å²) in [5.74, 6) is -2.79. The molecule has 0 fully saturated rings. The number of nitrogens with zero attached hydrogens (tertiary/aromatic N) is 2. The van der Waals surface area contributed by atoms with E-state index in [4.69, 9.17) is 10.5 Å². The van der Waals surface area contributed by atoms with E-state index in [0.717, 1.165) is 18.2 Å². The molecular formula is C16H8F2N2O2. The molecular weight excluding hydrogens is 290 g/mol. The minimum absolute atomic E-state index is 0.0463. The molecule has 0 bridgehead atoms. The first-order chi connectivity index (χ1) is 10.5. The Kier molecular flexibility index (Phi) is 4.06. The van der Waals surface area contributed by atoms with Gasteiger partial charge in [0.15, 0.2) is 11.5 Å². The summed E-state index contributed by atoms with van der Waals surface area (Å²) >= 11 is 0. The van der Waals surface area contributed by atoms with Gasteiger partial charge in [0, 0.05) is 17.7 Å². The van der Waals surface area contributed by atoms with Gasteiger partial charge in [-0.1, -0.05) is 12.2 Å². The largest absolute Gasteiger partial charge is 0.504 e. The lowest BCUT2D eigenvalue weighted by molar-refractivity contribution is 0.402. The number of halogens is 2. The van der Waals surface area contributed by atoms with Crippen LogP contribution in [0.3, 0.4) is 0 Å². The summed E-state index contributed by atoms with van der Waals surface area (Å²) in [5.41, 5.74) is -0.132. The van der Waals surface area contributed by atoms with Gasteiger partial charge in [0.05, 0.1) is 11.6 Å². The molecule has 2 aromatic rings. The second-order valence-corrected chi connectivity index (χ2v) is 4.34. The zero-order valence-corrected chi connectivity index (χ0v) is 11.0. The lowest BCUT2D eigenvalue weighted by Gasteiger charge is -2.06. The Morgan fingerprint density at radius 1 is 0.909 bits per heavy atom. The van der Waals surface area contributed by atoms with Crippen molar-refractivity contribution in [1.82, 2.24) is 0 Å². The SMILES string of the molecule is N#Cc1cc(O)c(O)c(C#N)c1C=Cc1cc(F)cc(F)c1. The lowest BCUT2D eigenvalue weighted by Crippen LogP contribution is -1.90. The third-order valence-electron chi connectivity index (χ3n) is 2.88. The van der Waals surface area contributed by atoms with E-state index in [1.165, 1.54) is 12.2 Å². The molecule has 108 valence electrons. The fourth-order valence-electron chi connectivity index (χ4n) is 1.90. The Morgan fingerprint density at radius 3 is 2.09 bits per heavy atom. The van der Waals surface area contributed by atoms with Crippen LogP contribution in [0.1, 0.15) is 22.3 Å². The molecule has 2 aromatic carbocycles. The molecule has 4 nitrogen and oxygen atoms in total. The van der Waals surface area contributed by atoms with E-state index in [2.05, 4.69) is 0 Å². The Hall–Kier alpha value is -3.38. The molecule has 0 aliphatic rings. The van der Waals surface area contributed by atoms with E-state index in [-0.39, 0.29) is 22.3 Å². The van der Waals surface area contributed by atoms with E-state index >= 15 is 0 Å². The summed E-state index contributed by atoms with van der Waals surface area (Å²) in [4.78, 5) is 0. The highest BCUT2D eigenvalue weighted by molar-refractivity contribution is 5.79. The van der Waals surface area contributed by atoms with Crippen molar-refractivity contribution in [2.24, 2.45) is 0 Å². The molecule has 0 amide bonds. The van der Waals surface area contributed by atoms with E-state index in [1.807, 2.05) is 0 Å². The van der Waals surface area contributed by atoms with Crippen LogP contribution in [0.5, 0.6) is 11.5 Å². The smallest absolute Gasteiger partial charge is 0.176 e. The molecule has 0 saturated heterocycles. The number of hydrogen-bond donors (Lipinski definition) is 2. The van der Waals surface area contributed by atoms with Gasteiger partial charge >= 0.3 is 0 Å². The summed E-state index contributed by atoms with van der Waals surface area (Å²) < 4.78 is 26.2. The molecule has 0 heterocycles. The highest BCUT2D eigenvalue weighted by Crippen LogP contribution is 2.34. The lowest BCUT2D eigenvalue weighted by atomic mass is 9.99. The van der Waals surface area contributed by atoms with Gasteiger partial charge in [-0.25, -0.2) is 8.78 Å². The summed E-state index contributed by atoms with van der Waals surface area (Å²) in [7, 11) is 0. The van der Waals surface area contributed by atoms with Crippen molar-refractivity contribution in [2.45, 2.75) is 0 Å². The summed E-state index contributed by atoms with van der Waals surface area (Å²) in [5, 5.41) is 37.2. The zero-order valence-electron chi connectivity index (χ0n) is 11.0. The molecule has 6 heteroatoms. The molecule has 0 saturated carbocycles. The topological polar surface area (TPSA) is 88.0 Å². The number of phenols is 2. The molecule has 0 aliphatic heterocycles. The van der Waals surface area contributed by atoms with Crippen LogP contribution in [0.25, 0.3) is 12.2 Å². The zero-order chi connectivity index (χ0) is 16.3. The van der Waals surface area contributed by atoms with Crippen molar-refractivity contribution in [1.29, 1.82) is 10.5 Å². The van der Waals surface area contributed by atoms with Crippen LogP contribution in [0, 0.1) is 34.3 Å². The Balaban J connectivity index is 2.58. The van der Waals surface area contributed by atoms with Gasteiger partial charge in [-0.05, 0) is 17.7 Å². The maximum absolute atomic E-state index is 13.1. The van der Waals surface area contributed by atoms with Crippen molar-refractivity contribution in [2.75, 3.05) is 0 Å². The number of hydrogen-bond acceptors (Lipinski definition) is 4. The second-order valence-electron chi connectivity index (χ2n) is 4.34. The Morgan fingerprint density at radius 2 is 1.55 bits per heavy atom. The van der Waals surface area contributed by atoms with Gasteiger partial charge in [0.1, 0.15) is 23.3 Å². The highest BCUT2D eigenvalue weighted by Gasteiger charge is 2.15. The average Bonchev–Trinajstić information content (AvgIpc) is 2.47. The van der Waals surface area contributed by atoms with Crippen molar-refractivity contribution in [3.05, 3.63) is 58.2 Å². The van der Waals surface area contributed by atoms with E-state index < -0.39 is 23.1 Å². The number of phenolic OH excluding ortho intramolecular Hbond substituents is 2. The number of benzene rings is 2. The third-order valence-corrected chi connectivity index (χ3v) is 2.88. The first-order valence-corrected chi connectivity index (χ1v) is 5.99. The van der Waals surface area contributed by atoms with Crippen LogP contribution in [-0.2, 0) is 0 Å². The molecule has 2 N–H and O–H groups in total. The third kappa shape index (κ3) is 2.87. The minimum atomic E-state index is -0.769. The first-order valence-electron chi connectivity index (χ1n) is 5.99. The number of aromatic hydroxyl groups is 2. The first kappa shape index (κ1) is 15.0. The van der Waals surface area contributed by atoms with Crippen molar-refractivity contribution in [3.63, 3.8) is 0 Å². The maximum atomic E-state index is 13.1. The summed E-state index contributed by atoms with van der Waals surface area (Å²) in [6, 6.07) is 7.30. The molecule has 0 atom stereocenters. The standard InChI is InChI=1S/C16H8F2N2O2/c17-11-3-9(4-12(18)6-11)1-2-13-10(7-19)5-15(21)16(22)14(13)8-20/h1-6,21-22H. The number of rotatable bonds is 2. The monoisotopic (exact) mass is 298 g/mol. The molecule has 0 aliphatic carbocycles. The molecule has 22 heavy (non-hydrogen) atoms. The predicted molar refractivity (Wildman–Crippen MR) is 74.5 cm³/mol. The Bertz CT molecular complexity index is 842. The van der Waals surface area contributed by atoms with E-state index in [0.29, 0.717) is 6.07 Å². The van der Waals surface area contributed by atoms with E-state index in [9.17, 15) is 19.0 Å². The van der Waals surface area contributed by atoms with Crippen LogP contribution < -0.4 is 0 Å². The molecule has 0 unspecified atom stereocenters. The van der Waals surface area contributed by atoms with Crippen LogP contribution >= 0.6 is 0 Å². The van der Waals surface area contributed by atoms with Crippen molar-refractivity contribution >= 4 is 12.2 Å². The molecule has 0 spiro atoms. The minimum Gasteiger partial charge on any atom is -0.504 e. The average molecular weight is 298 g/mol. The van der Waals surface area contributed by atoms with Gasteiger partial charge in [0.25, 0.3) is 0 Å². The number of nitriles is 2. The highest BCUT2D eigenvalue weighted by atomic mass is 19.1. The van der Waals surface area contributed by atoms with Gasteiger partial charge in [0.2, 0.25) is 0 Å². The summed E-state index contributed by atoms with van der Waals surface area (Å²) in [6.45, 7) is 0. The van der Waals surface area contributed by atoms with Crippen molar-refractivity contribution in [3.8, 4) is 23.6 Å². The fourth-order valence-corrected chi connectivity index (χ4v) is 1.90. The fraction of sp³-hybridized carbons (Fsp3) is 0. The van der Waals surface area contributed by atoms with Crippen LogP contribution in [-0.4, -0.2) is 10.2 Å². The molecule has 0 radical (unpaired) electrons. The quantitative estimate of drug-likeness (QED) is 0.657. The van der Waals surface area contributed by atoms with Gasteiger partial charge < -0.3 is 10.2 Å². The normalized spacial score (nSPS) is 10.4. The van der Waals surface area contributed by atoms with Gasteiger partial charge in [-0.2, -0.15) is 10.5 Å².